The Hall–Kier alpha value is -3.19. The first kappa shape index (κ1) is 19.1. The van der Waals surface area contributed by atoms with E-state index in [1.54, 1.807) is 34.7 Å². The van der Waals surface area contributed by atoms with Crippen LogP contribution in [0, 0.1) is 5.82 Å². The topological polar surface area (TPSA) is 46.8 Å². The number of carbonyl (C=O) groups excluding carboxylic acids is 1. The number of hydrogen-bond acceptors (Lipinski definition) is 4. The molecule has 2 heterocycles. The Morgan fingerprint density at radius 3 is 2.76 bits per heavy atom. The van der Waals surface area contributed by atoms with Crippen molar-refractivity contribution in [1.29, 1.82) is 0 Å². The summed E-state index contributed by atoms with van der Waals surface area (Å²) >= 11 is 1.39. The molecule has 0 aliphatic heterocycles. The molecule has 0 atom stereocenters. The van der Waals surface area contributed by atoms with Gasteiger partial charge in [0.05, 0.1) is 12.8 Å². The number of thiazole rings is 1. The SMILES string of the molecule is COc1ccc(-c2cn3c(C(=O)N(C)CCc4ccccc4)csc3n2)cc1F. The quantitative estimate of drug-likeness (QED) is 0.470. The summed E-state index contributed by atoms with van der Waals surface area (Å²) in [5, 5.41) is 1.81. The maximum atomic E-state index is 14.0. The van der Waals surface area contributed by atoms with Crippen molar-refractivity contribution in [1.82, 2.24) is 14.3 Å². The Kier molecular flexibility index (Phi) is 5.31. The lowest BCUT2D eigenvalue weighted by Crippen LogP contribution is -2.29. The van der Waals surface area contributed by atoms with E-state index in [0.717, 1.165) is 6.42 Å². The number of ether oxygens (including phenoxy) is 1. The van der Waals surface area contributed by atoms with Crippen LogP contribution in [0.4, 0.5) is 4.39 Å². The van der Waals surface area contributed by atoms with Crippen molar-refractivity contribution in [3.05, 3.63) is 77.2 Å². The van der Waals surface area contributed by atoms with Crippen LogP contribution in [0.15, 0.2) is 60.1 Å². The van der Waals surface area contributed by atoms with E-state index < -0.39 is 5.82 Å². The fourth-order valence-electron chi connectivity index (χ4n) is 3.14. The van der Waals surface area contributed by atoms with Gasteiger partial charge in [-0.3, -0.25) is 9.20 Å². The number of likely N-dealkylation sites (N-methyl/N-ethyl adjacent to an activating group) is 1. The highest BCUT2D eigenvalue weighted by Crippen LogP contribution is 2.27. The van der Waals surface area contributed by atoms with Gasteiger partial charge in [-0.05, 0) is 30.2 Å². The van der Waals surface area contributed by atoms with E-state index in [9.17, 15) is 9.18 Å². The normalized spacial score (nSPS) is 11.0. The molecule has 4 aromatic rings. The number of fused-ring (bicyclic) bond motifs is 1. The van der Waals surface area contributed by atoms with Crippen molar-refractivity contribution < 1.29 is 13.9 Å². The summed E-state index contributed by atoms with van der Waals surface area (Å²) in [6.45, 7) is 0.617. The molecule has 0 saturated heterocycles. The van der Waals surface area contributed by atoms with Crippen LogP contribution in [-0.4, -0.2) is 40.9 Å². The molecule has 0 fully saturated rings. The highest BCUT2D eigenvalue weighted by molar-refractivity contribution is 7.15. The Morgan fingerprint density at radius 2 is 2.03 bits per heavy atom. The Morgan fingerprint density at radius 1 is 1.24 bits per heavy atom. The molecule has 1 amide bonds. The summed E-state index contributed by atoms with van der Waals surface area (Å²) in [6, 6.07) is 14.8. The lowest BCUT2D eigenvalue weighted by molar-refractivity contribution is 0.0790. The van der Waals surface area contributed by atoms with E-state index in [-0.39, 0.29) is 11.7 Å². The minimum atomic E-state index is -0.446. The van der Waals surface area contributed by atoms with E-state index >= 15 is 0 Å². The standard InChI is InChI=1S/C22H20FN3O2S/c1-25(11-10-15-6-4-3-5-7-15)21(27)19-14-29-22-24-18(13-26(19)22)16-8-9-20(28-2)17(23)12-16/h3-9,12-14H,10-11H2,1-2H3. The molecule has 2 aromatic carbocycles. The second kappa shape index (κ2) is 8.05. The van der Waals surface area contributed by atoms with Crippen molar-refractivity contribution >= 4 is 22.2 Å². The zero-order chi connectivity index (χ0) is 20.4. The molecule has 7 heteroatoms. The van der Waals surface area contributed by atoms with Gasteiger partial charge in [0.2, 0.25) is 0 Å². The van der Waals surface area contributed by atoms with Crippen molar-refractivity contribution in [2.45, 2.75) is 6.42 Å². The number of rotatable bonds is 6. The third-order valence-corrected chi connectivity index (χ3v) is 5.64. The largest absolute Gasteiger partial charge is 0.494 e. The molecular formula is C22H20FN3O2S. The van der Waals surface area contributed by atoms with Gasteiger partial charge in [0.1, 0.15) is 5.69 Å². The van der Waals surface area contributed by atoms with Crippen LogP contribution in [-0.2, 0) is 6.42 Å². The maximum Gasteiger partial charge on any atom is 0.271 e. The van der Waals surface area contributed by atoms with Crippen molar-refractivity contribution in [3.8, 4) is 17.0 Å². The lowest BCUT2D eigenvalue weighted by atomic mass is 10.1. The van der Waals surface area contributed by atoms with Crippen LogP contribution in [0.3, 0.4) is 0 Å². The second-order valence-electron chi connectivity index (χ2n) is 6.71. The van der Waals surface area contributed by atoms with Crippen LogP contribution in [0.2, 0.25) is 0 Å². The molecular weight excluding hydrogens is 389 g/mol. The van der Waals surface area contributed by atoms with Gasteiger partial charge >= 0.3 is 0 Å². The predicted molar refractivity (Wildman–Crippen MR) is 112 cm³/mol. The zero-order valence-corrected chi connectivity index (χ0v) is 16.9. The van der Waals surface area contributed by atoms with Crippen LogP contribution >= 0.6 is 11.3 Å². The number of hydrogen-bond donors (Lipinski definition) is 0. The number of aromatic nitrogens is 2. The van der Waals surface area contributed by atoms with Crippen LogP contribution in [0.5, 0.6) is 5.75 Å². The van der Waals surface area contributed by atoms with E-state index in [4.69, 9.17) is 4.74 Å². The van der Waals surface area contributed by atoms with E-state index in [1.165, 1.54) is 30.1 Å². The van der Waals surface area contributed by atoms with E-state index in [1.807, 2.05) is 23.6 Å². The number of nitrogens with zero attached hydrogens (tertiary/aromatic N) is 3. The fourth-order valence-corrected chi connectivity index (χ4v) is 3.99. The van der Waals surface area contributed by atoms with Gasteiger partial charge in [-0.25, -0.2) is 9.37 Å². The molecule has 0 unspecified atom stereocenters. The molecule has 0 radical (unpaired) electrons. The average Bonchev–Trinajstić information content (AvgIpc) is 3.33. The van der Waals surface area contributed by atoms with Gasteiger partial charge in [0, 0.05) is 30.7 Å². The molecule has 0 aliphatic carbocycles. The molecule has 0 N–H and O–H groups in total. The van der Waals surface area contributed by atoms with Crippen molar-refractivity contribution in [2.24, 2.45) is 0 Å². The highest BCUT2D eigenvalue weighted by Gasteiger charge is 2.19. The predicted octanol–water partition coefficient (Wildman–Crippen LogP) is 4.53. The number of halogens is 1. The Labute approximate surface area is 172 Å². The Bertz CT molecular complexity index is 1150. The molecule has 0 bridgehead atoms. The number of methoxy groups -OCH3 is 1. The van der Waals surface area contributed by atoms with Crippen LogP contribution < -0.4 is 4.74 Å². The van der Waals surface area contributed by atoms with Gasteiger partial charge in [0.15, 0.2) is 16.5 Å². The van der Waals surface area contributed by atoms with Gasteiger partial charge < -0.3 is 9.64 Å². The lowest BCUT2D eigenvalue weighted by Gasteiger charge is -2.16. The molecule has 4 rings (SSSR count). The van der Waals surface area contributed by atoms with Crippen LogP contribution in [0.25, 0.3) is 16.2 Å². The number of amides is 1. The van der Waals surface area contributed by atoms with Crippen molar-refractivity contribution in [3.63, 3.8) is 0 Å². The van der Waals surface area contributed by atoms with Gasteiger partial charge in [-0.2, -0.15) is 0 Å². The molecule has 2 aromatic heterocycles. The first-order valence-corrected chi connectivity index (χ1v) is 10.0. The molecule has 148 valence electrons. The van der Waals surface area contributed by atoms with Crippen LogP contribution in [0.1, 0.15) is 16.1 Å². The van der Waals surface area contributed by atoms with Crippen molar-refractivity contribution in [2.75, 3.05) is 20.7 Å². The highest BCUT2D eigenvalue weighted by atomic mass is 32.1. The Balaban J connectivity index is 1.55. The van der Waals surface area contributed by atoms with Gasteiger partial charge in [-0.15, -0.1) is 11.3 Å². The third kappa shape index (κ3) is 3.86. The fraction of sp³-hybridized carbons (Fsp3) is 0.182. The number of carbonyl (C=O) groups is 1. The summed E-state index contributed by atoms with van der Waals surface area (Å²) in [5.74, 6) is -0.332. The average molecular weight is 409 g/mol. The molecule has 5 nitrogen and oxygen atoms in total. The summed E-state index contributed by atoms with van der Waals surface area (Å²) in [4.78, 5) is 19.9. The number of imidazole rings is 1. The molecule has 0 saturated carbocycles. The maximum absolute atomic E-state index is 14.0. The third-order valence-electron chi connectivity index (χ3n) is 4.80. The summed E-state index contributed by atoms with van der Waals surface area (Å²) in [7, 11) is 3.22. The molecule has 29 heavy (non-hydrogen) atoms. The molecule has 0 aliphatic rings. The van der Waals surface area contributed by atoms with E-state index in [2.05, 4.69) is 17.1 Å². The first-order chi connectivity index (χ1) is 14.1. The summed E-state index contributed by atoms with van der Waals surface area (Å²) in [6.07, 6.45) is 2.56. The number of benzene rings is 2. The smallest absolute Gasteiger partial charge is 0.271 e. The second-order valence-corrected chi connectivity index (χ2v) is 7.55. The van der Waals surface area contributed by atoms with Gasteiger partial charge in [0.25, 0.3) is 5.91 Å². The summed E-state index contributed by atoms with van der Waals surface area (Å²) < 4.78 is 20.8. The minimum absolute atomic E-state index is 0.0722. The summed E-state index contributed by atoms with van der Waals surface area (Å²) in [5.41, 5.74) is 2.98. The van der Waals surface area contributed by atoms with E-state index in [0.29, 0.717) is 28.5 Å². The zero-order valence-electron chi connectivity index (χ0n) is 16.1. The van der Waals surface area contributed by atoms with Gasteiger partial charge in [-0.1, -0.05) is 30.3 Å². The monoisotopic (exact) mass is 409 g/mol. The molecule has 0 spiro atoms. The first-order valence-electron chi connectivity index (χ1n) is 9.16. The minimum Gasteiger partial charge on any atom is -0.494 e.